The SMILES string of the molecule is Cc1c(Cl)c(C(F)(F)F)nn1C(C)C(=O)Nc1ccc(F)cc1OC(F)F. The second-order valence-corrected chi connectivity index (χ2v) is 5.75. The van der Waals surface area contributed by atoms with E-state index in [9.17, 15) is 31.1 Å². The van der Waals surface area contributed by atoms with Crippen LogP contribution in [-0.2, 0) is 11.0 Å². The third-order valence-electron chi connectivity index (χ3n) is 3.51. The Bertz CT molecular complexity index is 853. The normalized spacial score (nSPS) is 13.0. The van der Waals surface area contributed by atoms with Gasteiger partial charge in [0.25, 0.3) is 0 Å². The first kappa shape index (κ1) is 20.9. The largest absolute Gasteiger partial charge is 0.436 e. The van der Waals surface area contributed by atoms with Crippen LogP contribution >= 0.6 is 11.6 Å². The van der Waals surface area contributed by atoms with Crippen LogP contribution in [0.3, 0.4) is 0 Å². The van der Waals surface area contributed by atoms with Crippen molar-refractivity contribution in [3.05, 3.63) is 40.4 Å². The highest BCUT2D eigenvalue weighted by Gasteiger charge is 2.39. The van der Waals surface area contributed by atoms with Crippen molar-refractivity contribution in [2.24, 2.45) is 0 Å². The van der Waals surface area contributed by atoms with Crippen molar-refractivity contribution in [3.8, 4) is 5.75 Å². The quantitative estimate of drug-likeness (QED) is 0.713. The minimum Gasteiger partial charge on any atom is -0.432 e. The standard InChI is InChI=1S/C15H12ClF6N3O2/c1-6-11(16)12(15(20,21)22)24-25(6)7(2)13(26)23-9-4-3-8(17)5-10(9)27-14(18)19/h3-5,7,14H,1-2H3,(H,23,26). The van der Waals surface area contributed by atoms with Gasteiger partial charge in [0.2, 0.25) is 5.91 Å². The van der Waals surface area contributed by atoms with Crippen LogP contribution in [0.5, 0.6) is 5.75 Å². The lowest BCUT2D eigenvalue weighted by molar-refractivity contribution is -0.141. The summed E-state index contributed by atoms with van der Waals surface area (Å²) in [6, 6.07) is 1.20. The zero-order chi connectivity index (χ0) is 20.5. The van der Waals surface area contributed by atoms with Gasteiger partial charge in [0.1, 0.15) is 11.9 Å². The van der Waals surface area contributed by atoms with E-state index in [-0.39, 0.29) is 11.4 Å². The summed E-state index contributed by atoms with van der Waals surface area (Å²) >= 11 is 5.63. The van der Waals surface area contributed by atoms with E-state index in [0.29, 0.717) is 6.07 Å². The molecule has 0 saturated heterocycles. The summed E-state index contributed by atoms with van der Waals surface area (Å²) in [4.78, 5) is 12.3. The molecule has 0 bridgehead atoms. The number of benzene rings is 1. The highest BCUT2D eigenvalue weighted by molar-refractivity contribution is 6.32. The van der Waals surface area contributed by atoms with E-state index < -0.39 is 47.0 Å². The molecule has 1 heterocycles. The molecule has 0 aliphatic rings. The average Bonchev–Trinajstić information content (AvgIpc) is 2.84. The predicted octanol–water partition coefficient (Wildman–Crippen LogP) is 4.80. The molecule has 0 aliphatic heterocycles. The van der Waals surface area contributed by atoms with E-state index in [0.717, 1.165) is 16.8 Å². The average molecular weight is 416 g/mol. The number of carbonyl (C=O) groups excluding carboxylic acids is 1. The molecule has 0 saturated carbocycles. The summed E-state index contributed by atoms with van der Waals surface area (Å²) in [5.41, 5.74) is -1.76. The van der Waals surface area contributed by atoms with Crippen LogP contribution in [0.4, 0.5) is 32.0 Å². The molecular formula is C15H12ClF6N3O2. The molecule has 2 rings (SSSR count). The molecular weight excluding hydrogens is 404 g/mol. The maximum Gasteiger partial charge on any atom is 0.436 e. The molecule has 0 spiro atoms. The Kier molecular flexibility index (Phi) is 5.93. The molecule has 1 aromatic carbocycles. The first-order valence-corrected chi connectivity index (χ1v) is 7.66. The number of nitrogens with one attached hydrogen (secondary N) is 1. The molecule has 5 nitrogen and oxygen atoms in total. The van der Waals surface area contributed by atoms with Gasteiger partial charge in [-0.2, -0.15) is 27.1 Å². The van der Waals surface area contributed by atoms with Crippen LogP contribution in [0.1, 0.15) is 24.4 Å². The lowest BCUT2D eigenvalue weighted by Crippen LogP contribution is -2.26. The van der Waals surface area contributed by atoms with Crippen molar-refractivity contribution in [2.45, 2.75) is 32.7 Å². The fourth-order valence-corrected chi connectivity index (χ4v) is 2.43. The van der Waals surface area contributed by atoms with E-state index in [1.165, 1.54) is 13.8 Å². The summed E-state index contributed by atoms with van der Waals surface area (Å²) in [5, 5.41) is 4.84. The summed E-state index contributed by atoms with van der Waals surface area (Å²) in [7, 11) is 0. The summed E-state index contributed by atoms with van der Waals surface area (Å²) in [5.74, 6) is -2.44. The number of carbonyl (C=O) groups is 1. The minimum absolute atomic E-state index is 0.116. The first-order valence-electron chi connectivity index (χ1n) is 7.28. The number of hydrogen-bond acceptors (Lipinski definition) is 3. The summed E-state index contributed by atoms with van der Waals surface area (Å²) in [6.07, 6.45) is -4.82. The van der Waals surface area contributed by atoms with E-state index in [4.69, 9.17) is 11.6 Å². The fourth-order valence-electron chi connectivity index (χ4n) is 2.20. The molecule has 1 aromatic heterocycles. The number of nitrogens with zero attached hydrogens (tertiary/aromatic N) is 2. The number of hydrogen-bond donors (Lipinski definition) is 1. The minimum atomic E-state index is -4.82. The van der Waals surface area contributed by atoms with Crippen LogP contribution in [0.2, 0.25) is 5.02 Å². The van der Waals surface area contributed by atoms with E-state index in [1.54, 1.807) is 0 Å². The Hall–Kier alpha value is -2.43. The van der Waals surface area contributed by atoms with Crippen molar-refractivity contribution < 1.29 is 35.9 Å². The van der Waals surface area contributed by atoms with Gasteiger partial charge in [0, 0.05) is 6.07 Å². The highest BCUT2D eigenvalue weighted by atomic mass is 35.5. The first-order chi connectivity index (χ1) is 12.4. The molecule has 27 heavy (non-hydrogen) atoms. The Morgan fingerprint density at radius 2 is 1.96 bits per heavy atom. The molecule has 12 heteroatoms. The van der Waals surface area contributed by atoms with E-state index >= 15 is 0 Å². The Morgan fingerprint density at radius 1 is 1.33 bits per heavy atom. The molecule has 0 fully saturated rings. The van der Waals surface area contributed by atoms with Gasteiger partial charge >= 0.3 is 12.8 Å². The third kappa shape index (κ3) is 4.65. The number of halogens is 7. The van der Waals surface area contributed by atoms with Crippen molar-refractivity contribution in [1.29, 1.82) is 0 Å². The number of ether oxygens (including phenoxy) is 1. The lowest BCUT2D eigenvalue weighted by atomic mass is 10.2. The van der Waals surface area contributed by atoms with E-state index in [2.05, 4.69) is 15.2 Å². The molecule has 1 amide bonds. The summed E-state index contributed by atoms with van der Waals surface area (Å²) in [6.45, 7) is -0.818. The van der Waals surface area contributed by atoms with Crippen LogP contribution in [0, 0.1) is 12.7 Å². The molecule has 1 N–H and O–H groups in total. The van der Waals surface area contributed by atoms with Gasteiger partial charge in [-0.25, -0.2) is 4.39 Å². The fraction of sp³-hybridized carbons (Fsp3) is 0.333. The number of anilines is 1. The second kappa shape index (κ2) is 7.67. The van der Waals surface area contributed by atoms with Crippen LogP contribution < -0.4 is 10.1 Å². The van der Waals surface area contributed by atoms with E-state index in [1.807, 2.05) is 0 Å². The van der Waals surface area contributed by atoms with Crippen molar-refractivity contribution >= 4 is 23.2 Å². The van der Waals surface area contributed by atoms with Gasteiger partial charge in [0.15, 0.2) is 11.4 Å². The van der Waals surface area contributed by atoms with Gasteiger partial charge in [-0.15, -0.1) is 0 Å². The lowest BCUT2D eigenvalue weighted by Gasteiger charge is -2.16. The van der Waals surface area contributed by atoms with Gasteiger partial charge in [0.05, 0.1) is 16.4 Å². The maximum atomic E-state index is 13.2. The molecule has 1 atom stereocenters. The van der Waals surface area contributed by atoms with Gasteiger partial charge < -0.3 is 10.1 Å². The number of amides is 1. The second-order valence-electron chi connectivity index (χ2n) is 5.37. The van der Waals surface area contributed by atoms with Crippen LogP contribution in [-0.4, -0.2) is 22.3 Å². The van der Waals surface area contributed by atoms with Crippen LogP contribution in [0.25, 0.3) is 0 Å². The topological polar surface area (TPSA) is 56.2 Å². The van der Waals surface area contributed by atoms with Gasteiger partial charge in [-0.1, -0.05) is 11.6 Å². The smallest absolute Gasteiger partial charge is 0.432 e. The third-order valence-corrected chi connectivity index (χ3v) is 3.96. The van der Waals surface area contributed by atoms with Gasteiger partial charge in [-0.05, 0) is 26.0 Å². The van der Waals surface area contributed by atoms with Crippen molar-refractivity contribution in [1.82, 2.24) is 9.78 Å². The van der Waals surface area contributed by atoms with Crippen molar-refractivity contribution in [3.63, 3.8) is 0 Å². The highest BCUT2D eigenvalue weighted by Crippen LogP contribution is 2.36. The predicted molar refractivity (Wildman–Crippen MR) is 83.3 cm³/mol. The Morgan fingerprint density at radius 3 is 2.48 bits per heavy atom. The molecule has 2 aromatic rings. The Labute approximate surface area is 153 Å². The monoisotopic (exact) mass is 415 g/mol. The van der Waals surface area contributed by atoms with Crippen molar-refractivity contribution in [2.75, 3.05) is 5.32 Å². The zero-order valence-electron chi connectivity index (χ0n) is 13.7. The van der Waals surface area contributed by atoms with Gasteiger partial charge in [-0.3, -0.25) is 9.48 Å². The number of aromatic nitrogens is 2. The number of alkyl halides is 5. The Balaban J connectivity index is 2.30. The molecule has 0 radical (unpaired) electrons. The number of rotatable bonds is 5. The molecule has 0 aliphatic carbocycles. The zero-order valence-corrected chi connectivity index (χ0v) is 14.5. The summed E-state index contributed by atoms with van der Waals surface area (Å²) < 4.78 is 81.5. The maximum absolute atomic E-state index is 13.2. The molecule has 1 unspecified atom stereocenters. The van der Waals surface area contributed by atoms with Crippen LogP contribution in [0.15, 0.2) is 18.2 Å². The molecule has 148 valence electrons.